The summed E-state index contributed by atoms with van der Waals surface area (Å²) in [5, 5.41) is 18.1. The maximum Gasteiger partial charge on any atom is 0.303 e. The molecule has 29 heavy (non-hydrogen) atoms. The third-order valence-electron chi connectivity index (χ3n) is 4.43. The van der Waals surface area contributed by atoms with Crippen molar-refractivity contribution in [3.05, 3.63) is 59.7 Å². The largest absolute Gasteiger partial charge is 0.481 e. The molecule has 9 heteroatoms. The third-order valence-corrected chi connectivity index (χ3v) is 5.35. The highest BCUT2D eigenvalue weighted by Gasteiger charge is 2.16. The Morgan fingerprint density at radius 2 is 1.83 bits per heavy atom. The second kappa shape index (κ2) is 8.12. The Bertz CT molecular complexity index is 1190. The number of halogens is 2. The Morgan fingerprint density at radius 3 is 2.59 bits per heavy atom. The Balaban J connectivity index is 1.74. The molecule has 148 valence electrons. The zero-order valence-corrected chi connectivity index (χ0v) is 16.0. The van der Waals surface area contributed by atoms with Crippen molar-refractivity contribution >= 4 is 39.8 Å². The molecule has 2 aromatic carbocycles. The van der Waals surface area contributed by atoms with Gasteiger partial charge in [-0.25, -0.2) is 13.8 Å². The molecule has 6 nitrogen and oxygen atoms in total. The summed E-state index contributed by atoms with van der Waals surface area (Å²) in [6.45, 7) is 0.410. The van der Waals surface area contributed by atoms with Crippen molar-refractivity contribution in [1.29, 1.82) is 0 Å². The molecule has 0 bridgehead atoms. The van der Waals surface area contributed by atoms with Gasteiger partial charge in [0.15, 0.2) is 5.65 Å². The van der Waals surface area contributed by atoms with Crippen molar-refractivity contribution in [2.45, 2.75) is 24.5 Å². The normalized spacial score (nSPS) is 11.4. The van der Waals surface area contributed by atoms with Gasteiger partial charge in [0.25, 0.3) is 0 Å². The molecule has 0 saturated carbocycles. The molecule has 0 atom stereocenters. The first-order valence-corrected chi connectivity index (χ1v) is 9.91. The quantitative estimate of drug-likeness (QED) is 0.359. The van der Waals surface area contributed by atoms with Gasteiger partial charge in [0.1, 0.15) is 17.2 Å². The lowest BCUT2D eigenvalue weighted by Gasteiger charge is -2.07. The number of thioether (sulfide) groups is 1. The van der Waals surface area contributed by atoms with Gasteiger partial charge in [-0.3, -0.25) is 4.79 Å². The zero-order chi connectivity index (χ0) is 20.4. The van der Waals surface area contributed by atoms with Crippen LogP contribution in [-0.2, 0) is 11.3 Å². The van der Waals surface area contributed by atoms with Gasteiger partial charge in [-0.15, -0.1) is 10.2 Å². The molecular formula is C20H16F2N4O2S. The summed E-state index contributed by atoms with van der Waals surface area (Å²) in [7, 11) is 0. The van der Waals surface area contributed by atoms with Crippen LogP contribution in [-0.4, -0.2) is 36.6 Å². The van der Waals surface area contributed by atoms with Crippen LogP contribution in [0.15, 0.2) is 47.6 Å². The summed E-state index contributed by atoms with van der Waals surface area (Å²) >= 11 is 1.32. The number of aliphatic carboxylic acids is 1. The average molecular weight is 414 g/mol. The molecule has 2 heterocycles. The van der Waals surface area contributed by atoms with E-state index in [1.54, 1.807) is 18.2 Å². The number of carboxylic acid groups (broad SMARTS) is 1. The number of hydrogen-bond acceptors (Lipinski definition) is 5. The molecule has 1 N–H and O–H groups in total. The van der Waals surface area contributed by atoms with Crippen molar-refractivity contribution in [3.63, 3.8) is 0 Å². The van der Waals surface area contributed by atoms with Gasteiger partial charge in [0, 0.05) is 24.1 Å². The van der Waals surface area contributed by atoms with Gasteiger partial charge >= 0.3 is 5.97 Å². The standard InChI is InChI=1S/C20H16F2N4O2S/c21-13-5-3-12(4-6-13)11-26-16-8-7-14(22)10-15(16)18-19(26)23-20(25-24-18)29-9-1-2-17(27)28/h3-8,10H,1-2,9,11H2,(H,27,28). The van der Waals surface area contributed by atoms with Crippen LogP contribution in [0.1, 0.15) is 18.4 Å². The van der Waals surface area contributed by atoms with E-state index in [2.05, 4.69) is 15.2 Å². The SMILES string of the molecule is O=C(O)CCCSc1nnc2c3cc(F)ccc3n(Cc3ccc(F)cc3)c2n1. The Labute approximate surface area is 168 Å². The summed E-state index contributed by atoms with van der Waals surface area (Å²) in [6, 6.07) is 10.6. The molecule has 0 spiro atoms. The smallest absolute Gasteiger partial charge is 0.303 e. The summed E-state index contributed by atoms with van der Waals surface area (Å²) in [5.74, 6) is -0.998. The van der Waals surface area contributed by atoms with Crippen molar-refractivity contribution in [3.8, 4) is 0 Å². The number of benzene rings is 2. The minimum Gasteiger partial charge on any atom is -0.481 e. The fourth-order valence-corrected chi connectivity index (χ4v) is 3.81. The fourth-order valence-electron chi connectivity index (χ4n) is 3.09. The average Bonchev–Trinajstić information content (AvgIpc) is 2.99. The van der Waals surface area contributed by atoms with E-state index >= 15 is 0 Å². The Kier molecular flexibility index (Phi) is 5.39. The minimum atomic E-state index is -0.846. The van der Waals surface area contributed by atoms with E-state index in [1.165, 1.54) is 36.0 Å². The first kappa shape index (κ1) is 19.3. The molecule has 2 aromatic heterocycles. The van der Waals surface area contributed by atoms with Crippen LogP contribution in [0, 0.1) is 11.6 Å². The second-order valence-electron chi connectivity index (χ2n) is 6.49. The number of nitrogens with zero attached hydrogens (tertiary/aromatic N) is 4. The van der Waals surface area contributed by atoms with Gasteiger partial charge in [-0.1, -0.05) is 23.9 Å². The van der Waals surface area contributed by atoms with Crippen LogP contribution >= 0.6 is 11.8 Å². The maximum atomic E-state index is 13.8. The number of rotatable bonds is 7. The summed E-state index contributed by atoms with van der Waals surface area (Å²) in [4.78, 5) is 15.2. The number of hydrogen-bond donors (Lipinski definition) is 1. The lowest BCUT2D eigenvalue weighted by atomic mass is 10.2. The molecule has 0 aliphatic carbocycles. The monoisotopic (exact) mass is 414 g/mol. The Morgan fingerprint density at radius 1 is 1.07 bits per heavy atom. The predicted octanol–water partition coefficient (Wildman–Crippen LogP) is 4.26. The molecule has 0 saturated heterocycles. The molecule has 0 radical (unpaired) electrons. The molecule has 0 aliphatic rings. The number of carbonyl (C=O) groups is 1. The molecule has 4 aromatic rings. The van der Waals surface area contributed by atoms with Gasteiger partial charge in [0.2, 0.25) is 5.16 Å². The fraction of sp³-hybridized carbons (Fsp3) is 0.200. The van der Waals surface area contributed by atoms with E-state index in [0.29, 0.717) is 40.4 Å². The van der Waals surface area contributed by atoms with E-state index < -0.39 is 5.97 Å². The number of carboxylic acids is 1. The summed E-state index contributed by atoms with van der Waals surface area (Å²) in [6.07, 6.45) is 0.567. The lowest BCUT2D eigenvalue weighted by Crippen LogP contribution is -2.03. The molecule has 0 aliphatic heterocycles. The number of aromatic nitrogens is 4. The first-order valence-electron chi connectivity index (χ1n) is 8.92. The van der Waals surface area contributed by atoms with Crippen LogP contribution in [0.3, 0.4) is 0 Å². The van der Waals surface area contributed by atoms with E-state index in [1.807, 2.05) is 4.57 Å². The van der Waals surface area contributed by atoms with Crippen molar-refractivity contribution in [2.24, 2.45) is 0 Å². The maximum absolute atomic E-state index is 13.8. The van der Waals surface area contributed by atoms with Crippen LogP contribution in [0.5, 0.6) is 0 Å². The topological polar surface area (TPSA) is 80.9 Å². The molecule has 0 amide bonds. The molecular weight excluding hydrogens is 398 g/mol. The summed E-state index contributed by atoms with van der Waals surface area (Å²) in [5.41, 5.74) is 2.64. The highest BCUT2D eigenvalue weighted by atomic mass is 32.2. The van der Waals surface area contributed by atoms with Gasteiger partial charge in [-0.2, -0.15) is 0 Å². The summed E-state index contributed by atoms with van der Waals surface area (Å²) < 4.78 is 29.0. The molecule has 0 fully saturated rings. The van der Waals surface area contributed by atoms with Crippen molar-refractivity contribution < 1.29 is 18.7 Å². The van der Waals surface area contributed by atoms with Crippen LogP contribution in [0.2, 0.25) is 0 Å². The zero-order valence-electron chi connectivity index (χ0n) is 15.2. The van der Waals surface area contributed by atoms with Crippen molar-refractivity contribution in [1.82, 2.24) is 19.7 Å². The minimum absolute atomic E-state index is 0.0762. The van der Waals surface area contributed by atoms with Gasteiger partial charge in [-0.05, 0) is 42.3 Å². The van der Waals surface area contributed by atoms with E-state index in [0.717, 1.165) is 11.1 Å². The molecule has 0 unspecified atom stereocenters. The van der Waals surface area contributed by atoms with Crippen LogP contribution in [0.4, 0.5) is 8.78 Å². The van der Waals surface area contributed by atoms with E-state index in [9.17, 15) is 13.6 Å². The van der Waals surface area contributed by atoms with E-state index in [-0.39, 0.29) is 18.1 Å². The highest BCUT2D eigenvalue weighted by Crippen LogP contribution is 2.29. The lowest BCUT2D eigenvalue weighted by molar-refractivity contribution is -0.137. The van der Waals surface area contributed by atoms with Gasteiger partial charge in [0.05, 0.1) is 5.52 Å². The van der Waals surface area contributed by atoms with Gasteiger partial charge < -0.3 is 9.67 Å². The predicted molar refractivity (Wildman–Crippen MR) is 106 cm³/mol. The van der Waals surface area contributed by atoms with Crippen LogP contribution in [0.25, 0.3) is 22.1 Å². The molecule has 4 rings (SSSR count). The van der Waals surface area contributed by atoms with E-state index in [4.69, 9.17) is 5.11 Å². The second-order valence-corrected chi connectivity index (χ2v) is 7.55. The Hall–Kier alpha value is -3.07. The third kappa shape index (κ3) is 4.19. The van der Waals surface area contributed by atoms with Crippen molar-refractivity contribution in [2.75, 3.05) is 5.75 Å². The highest BCUT2D eigenvalue weighted by molar-refractivity contribution is 7.99. The first-order chi connectivity index (χ1) is 14.0. The van der Waals surface area contributed by atoms with Crippen LogP contribution < -0.4 is 0 Å². The number of fused-ring (bicyclic) bond motifs is 3.